The van der Waals surface area contributed by atoms with Crippen LogP contribution in [0.15, 0.2) is 42.5 Å². The van der Waals surface area contributed by atoms with E-state index in [0.29, 0.717) is 6.61 Å². The molecule has 0 amide bonds. The van der Waals surface area contributed by atoms with Crippen molar-refractivity contribution in [1.82, 2.24) is 5.32 Å². The number of hydrogen-bond donors (Lipinski definition) is 1. The molecule has 0 atom stereocenters. The molecule has 0 spiro atoms. The van der Waals surface area contributed by atoms with Crippen molar-refractivity contribution in [3.05, 3.63) is 59.2 Å². The Hall–Kier alpha value is -2.00. The first kappa shape index (κ1) is 18.3. The largest absolute Gasteiger partial charge is 0.493 e. The number of ether oxygens (including phenoxy) is 2. The first-order chi connectivity index (χ1) is 11.7. The number of benzene rings is 2. The van der Waals surface area contributed by atoms with Gasteiger partial charge in [-0.25, -0.2) is 0 Å². The molecule has 1 N–H and O–H groups in total. The van der Waals surface area contributed by atoms with Crippen LogP contribution >= 0.6 is 0 Å². The molecule has 0 saturated heterocycles. The van der Waals surface area contributed by atoms with Gasteiger partial charge in [-0.15, -0.1) is 0 Å². The number of methoxy groups -OCH3 is 1. The second-order valence-corrected chi connectivity index (χ2v) is 6.15. The second kappa shape index (κ2) is 9.99. The van der Waals surface area contributed by atoms with Gasteiger partial charge in [-0.05, 0) is 43.1 Å². The topological polar surface area (TPSA) is 30.5 Å². The molecule has 3 nitrogen and oxygen atoms in total. The van der Waals surface area contributed by atoms with Crippen molar-refractivity contribution in [3.8, 4) is 11.5 Å². The van der Waals surface area contributed by atoms with Gasteiger partial charge in [-0.3, -0.25) is 0 Å². The van der Waals surface area contributed by atoms with Gasteiger partial charge in [0.1, 0.15) is 6.61 Å². The highest BCUT2D eigenvalue weighted by atomic mass is 16.5. The van der Waals surface area contributed by atoms with E-state index >= 15 is 0 Å². The van der Waals surface area contributed by atoms with Crippen LogP contribution in [0.1, 0.15) is 42.9 Å². The maximum absolute atomic E-state index is 5.94. The number of nitrogens with one attached hydrogen (secondary N) is 1. The first-order valence-electron chi connectivity index (χ1n) is 8.79. The van der Waals surface area contributed by atoms with E-state index in [-0.39, 0.29) is 0 Å². The molecule has 0 aromatic heterocycles. The van der Waals surface area contributed by atoms with Gasteiger partial charge in [0.25, 0.3) is 0 Å². The molecule has 0 aliphatic heterocycles. The van der Waals surface area contributed by atoms with Crippen molar-refractivity contribution in [3.63, 3.8) is 0 Å². The van der Waals surface area contributed by atoms with Gasteiger partial charge in [0.2, 0.25) is 0 Å². The van der Waals surface area contributed by atoms with Crippen LogP contribution in [-0.2, 0) is 13.2 Å². The zero-order valence-electron chi connectivity index (χ0n) is 15.1. The summed E-state index contributed by atoms with van der Waals surface area (Å²) in [5.41, 5.74) is 3.62. The fourth-order valence-electron chi connectivity index (χ4n) is 2.64. The van der Waals surface area contributed by atoms with Gasteiger partial charge in [0, 0.05) is 6.54 Å². The average Bonchev–Trinajstić information content (AvgIpc) is 2.60. The molecule has 0 heterocycles. The monoisotopic (exact) mass is 327 g/mol. The Bertz CT molecular complexity index is 625. The van der Waals surface area contributed by atoms with E-state index in [2.05, 4.69) is 55.6 Å². The van der Waals surface area contributed by atoms with E-state index in [4.69, 9.17) is 9.47 Å². The van der Waals surface area contributed by atoms with Crippen LogP contribution in [0.25, 0.3) is 0 Å². The van der Waals surface area contributed by atoms with Crippen LogP contribution in [-0.4, -0.2) is 13.7 Å². The molecule has 0 unspecified atom stereocenters. The Labute approximate surface area is 146 Å². The highest BCUT2D eigenvalue weighted by molar-refractivity contribution is 5.43. The van der Waals surface area contributed by atoms with E-state index in [1.807, 2.05) is 6.07 Å². The third kappa shape index (κ3) is 5.89. The average molecular weight is 327 g/mol. The van der Waals surface area contributed by atoms with Gasteiger partial charge in [-0.1, -0.05) is 55.7 Å². The van der Waals surface area contributed by atoms with Gasteiger partial charge in [-0.2, -0.15) is 0 Å². The predicted molar refractivity (Wildman–Crippen MR) is 99.7 cm³/mol. The molecule has 0 aliphatic rings. The molecule has 0 aliphatic carbocycles. The Morgan fingerprint density at radius 2 is 1.83 bits per heavy atom. The summed E-state index contributed by atoms with van der Waals surface area (Å²) in [6, 6.07) is 14.5. The Morgan fingerprint density at radius 1 is 0.958 bits per heavy atom. The van der Waals surface area contributed by atoms with Gasteiger partial charge in [0.05, 0.1) is 7.11 Å². The third-order valence-corrected chi connectivity index (χ3v) is 3.99. The van der Waals surface area contributed by atoms with E-state index in [1.54, 1.807) is 7.11 Å². The lowest BCUT2D eigenvalue weighted by molar-refractivity contribution is 0.284. The van der Waals surface area contributed by atoms with Crippen molar-refractivity contribution < 1.29 is 9.47 Å². The minimum atomic E-state index is 0.548. The van der Waals surface area contributed by atoms with E-state index in [9.17, 15) is 0 Å². The van der Waals surface area contributed by atoms with Crippen LogP contribution < -0.4 is 14.8 Å². The highest BCUT2D eigenvalue weighted by Gasteiger charge is 2.06. The summed E-state index contributed by atoms with van der Waals surface area (Å²) in [6.45, 7) is 6.78. The Balaban J connectivity index is 1.91. The van der Waals surface area contributed by atoms with Crippen LogP contribution in [0.3, 0.4) is 0 Å². The first-order valence-corrected chi connectivity index (χ1v) is 8.79. The fraction of sp³-hybridized carbons (Fsp3) is 0.429. The molecular weight excluding hydrogens is 298 g/mol. The summed E-state index contributed by atoms with van der Waals surface area (Å²) >= 11 is 0. The lowest BCUT2D eigenvalue weighted by Crippen LogP contribution is -2.14. The zero-order chi connectivity index (χ0) is 17.2. The molecule has 2 aromatic carbocycles. The zero-order valence-corrected chi connectivity index (χ0v) is 15.1. The molecule has 2 rings (SSSR count). The molecule has 0 bridgehead atoms. The molecule has 0 saturated carbocycles. The van der Waals surface area contributed by atoms with Crippen LogP contribution in [0.5, 0.6) is 11.5 Å². The van der Waals surface area contributed by atoms with Crippen molar-refractivity contribution >= 4 is 0 Å². The summed E-state index contributed by atoms with van der Waals surface area (Å²) in [4.78, 5) is 0. The number of aryl methyl sites for hydroxylation is 1. The van der Waals surface area contributed by atoms with Crippen molar-refractivity contribution in [2.45, 2.75) is 46.3 Å². The van der Waals surface area contributed by atoms with Crippen LogP contribution in [0, 0.1) is 6.92 Å². The number of unbranched alkanes of at least 4 members (excludes halogenated alkanes) is 2. The van der Waals surface area contributed by atoms with Crippen molar-refractivity contribution in [2.75, 3.05) is 13.7 Å². The third-order valence-electron chi connectivity index (χ3n) is 3.99. The molecule has 24 heavy (non-hydrogen) atoms. The molecule has 130 valence electrons. The predicted octanol–water partition coefficient (Wildman–Crippen LogP) is 4.86. The SMILES string of the molecule is CCCCCNCc1ccc(OCc2cccc(C)c2)c(OC)c1. The summed E-state index contributed by atoms with van der Waals surface area (Å²) in [7, 11) is 1.69. The smallest absolute Gasteiger partial charge is 0.161 e. The van der Waals surface area contributed by atoms with E-state index in [1.165, 1.54) is 36.0 Å². The lowest BCUT2D eigenvalue weighted by Gasteiger charge is -2.13. The van der Waals surface area contributed by atoms with E-state index in [0.717, 1.165) is 24.6 Å². The van der Waals surface area contributed by atoms with Crippen LogP contribution in [0.4, 0.5) is 0 Å². The van der Waals surface area contributed by atoms with Gasteiger partial charge >= 0.3 is 0 Å². The second-order valence-electron chi connectivity index (χ2n) is 6.15. The van der Waals surface area contributed by atoms with Crippen LogP contribution in [0.2, 0.25) is 0 Å². The molecule has 0 fully saturated rings. The van der Waals surface area contributed by atoms with Gasteiger partial charge in [0.15, 0.2) is 11.5 Å². The minimum absolute atomic E-state index is 0.548. The highest BCUT2D eigenvalue weighted by Crippen LogP contribution is 2.29. The summed E-state index contributed by atoms with van der Waals surface area (Å²) < 4.78 is 11.4. The van der Waals surface area contributed by atoms with Crippen molar-refractivity contribution in [1.29, 1.82) is 0 Å². The standard InChI is InChI=1S/C21H29NO2/c1-4-5-6-12-22-15-18-10-11-20(21(14-18)23-3)24-16-19-9-7-8-17(2)13-19/h7-11,13-14,22H,4-6,12,15-16H2,1-3H3. The lowest BCUT2D eigenvalue weighted by atomic mass is 10.1. The van der Waals surface area contributed by atoms with E-state index < -0.39 is 0 Å². The number of hydrogen-bond acceptors (Lipinski definition) is 3. The maximum Gasteiger partial charge on any atom is 0.161 e. The molecule has 3 heteroatoms. The van der Waals surface area contributed by atoms with Crippen molar-refractivity contribution in [2.24, 2.45) is 0 Å². The number of rotatable bonds is 10. The molecule has 2 aromatic rings. The maximum atomic E-state index is 5.94. The summed E-state index contributed by atoms with van der Waals surface area (Å²) in [5, 5.41) is 3.47. The minimum Gasteiger partial charge on any atom is -0.493 e. The normalized spacial score (nSPS) is 10.6. The Kier molecular flexibility index (Phi) is 7.63. The Morgan fingerprint density at radius 3 is 2.58 bits per heavy atom. The quantitative estimate of drug-likeness (QED) is 0.632. The molecular formula is C21H29NO2. The van der Waals surface area contributed by atoms with Gasteiger partial charge < -0.3 is 14.8 Å². The molecule has 0 radical (unpaired) electrons. The summed E-state index contributed by atoms with van der Waals surface area (Å²) in [5.74, 6) is 1.57. The fourth-order valence-corrected chi connectivity index (χ4v) is 2.64. The summed E-state index contributed by atoms with van der Waals surface area (Å²) in [6.07, 6.45) is 3.76.